The van der Waals surface area contributed by atoms with Crippen LogP contribution in [-0.4, -0.2) is 10.9 Å². The Hall–Kier alpha value is -3.80. The summed E-state index contributed by atoms with van der Waals surface area (Å²) in [5.41, 5.74) is 1.78. The van der Waals surface area contributed by atoms with E-state index >= 15 is 0 Å². The van der Waals surface area contributed by atoms with E-state index in [2.05, 4.69) is 11.9 Å². The minimum absolute atomic E-state index is 0.0890. The van der Waals surface area contributed by atoms with E-state index in [1.54, 1.807) is 24.4 Å². The number of aryl methyl sites for hydroxylation is 1. The smallest absolute Gasteiger partial charge is 0.295 e. The molecule has 1 amide bonds. The van der Waals surface area contributed by atoms with Gasteiger partial charge in [-0.25, -0.2) is 9.37 Å². The van der Waals surface area contributed by atoms with Crippen molar-refractivity contribution in [2.75, 3.05) is 4.90 Å². The van der Waals surface area contributed by atoms with E-state index in [1.165, 1.54) is 22.6 Å². The predicted molar refractivity (Wildman–Crippen MR) is 113 cm³/mol. The first-order valence-corrected chi connectivity index (χ1v) is 9.59. The molecule has 2 heterocycles. The van der Waals surface area contributed by atoms with Gasteiger partial charge in [-0.15, -0.1) is 0 Å². The molecule has 0 radical (unpaired) electrons. The van der Waals surface area contributed by atoms with Crippen LogP contribution in [0, 0.1) is 5.82 Å². The van der Waals surface area contributed by atoms with Crippen LogP contribution in [0.25, 0.3) is 11.0 Å². The molecular weight excluding hydrogens is 383 g/mol. The SMILES string of the molecule is CCc1ccc(CN(C(=O)c2cc(=O)c3cc(F)ccc3o2)c2ccccn2)cc1. The topological polar surface area (TPSA) is 63.4 Å². The highest BCUT2D eigenvalue weighted by molar-refractivity contribution is 6.04. The fraction of sp³-hybridized carbons (Fsp3) is 0.125. The summed E-state index contributed by atoms with van der Waals surface area (Å²) in [6.07, 6.45) is 2.52. The molecule has 0 atom stereocenters. The highest BCUT2D eigenvalue weighted by Crippen LogP contribution is 2.20. The number of anilines is 1. The van der Waals surface area contributed by atoms with E-state index in [0.29, 0.717) is 5.82 Å². The van der Waals surface area contributed by atoms with Crippen molar-refractivity contribution < 1.29 is 13.6 Å². The monoisotopic (exact) mass is 402 g/mol. The lowest BCUT2D eigenvalue weighted by molar-refractivity contribution is 0.0958. The zero-order valence-corrected chi connectivity index (χ0v) is 16.3. The van der Waals surface area contributed by atoms with Crippen LogP contribution in [0.5, 0.6) is 0 Å². The Bertz CT molecular complexity index is 1250. The molecule has 2 aromatic heterocycles. The van der Waals surface area contributed by atoms with E-state index in [9.17, 15) is 14.0 Å². The Morgan fingerprint density at radius 1 is 1.03 bits per heavy atom. The van der Waals surface area contributed by atoms with E-state index in [1.807, 2.05) is 24.3 Å². The molecule has 2 aromatic carbocycles. The summed E-state index contributed by atoms with van der Waals surface area (Å²) in [5, 5.41) is 0.0890. The van der Waals surface area contributed by atoms with Gasteiger partial charge in [0.2, 0.25) is 0 Å². The Kier molecular flexibility index (Phi) is 5.39. The van der Waals surface area contributed by atoms with Crippen LogP contribution in [0.15, 0.2) is 82.1 Å². The Morgan fingerprint density at radius 3 is 2.50 bits per heavy atom. The van der Waals surface area contributed by atoms with Crippen molar-refractivity contribution in [3.63, 3.8) is 0 Å². The first-order valence-electron chi connectivity index (χ1n) is 9.59. The van der Waals surface area contributed by atoms with Crippen molar-refractivity contribution in [2.24, 2.45) is 0 Å². The van der Waals surface area contributed by atoms with E-state index in [0.717, 1.165) is 24.1 Å². The van der Waals surface area contributed by atoms with Crippen LogP contribution in [0.2, 0.25) is 0 Å². The number of carbonyl (C=O) groups is 1. The maximum atomic E-state index is 13.5. The summed E-state index contributed by atoms with van der Waals surface area (Å²) in [4.78, 5) is 31.5. The molecule has 0 saturated carbocycles. The number of hydrogen-bond acceptors (Lipinski definition) is 4. The molecule has 4 rings (SSSR count). The minimum atomic E-state index is -0.542. The van der Waals surface area contributed by atoms with Crippen molar-refractivity contribution in [1.29, 1.82) is 0 Å². The molecule has 0 fully saturated rings. The third-order valence-corrected chi connectivity index (χ3v) is 4.84. The van der Waals surface area contributed by atoms with Gasteiger partial charge in [0.1, 0.15) is 17.2 Å². The summed E-state index contributed by atoms with van der Waals surface area (Å²) >= 11 is 0. The highest BCUT2D eigenvalue weighted by Gasteiger charge is 2.23. The normalized spacial score (nSPS) is 10.9. The number of hydrogen-bond donors (Lipinski definition) is 0. The average Bonchev–Trinajstić information content (AvgIpc) is 2.78. The number of fused-ring (bicyclic) bond motifs is 1. The lowest BCUT2D eigenvalue weighted by Crippen LogP contribution is -2.31. The molecule has 30 heavy (non-hydrogen) atoms. The largest absolute Gasteiger partial charge is 0.451 e. The van der Waals surface area contributed by atoms with Crippen molar-refractivity contribution in [1.82, 2.24) is 4.98 Å². The fourth-order valence-electron chi connectivity index (χ4n) is 3.20. The summed E-state index contributed by atoms with van der Waals surface area (Å²) in [6, 6.07) is 17.9. The molecule has 0 bridgehead atoms. The number of aromatic nitrogens is 1. The van der Waals surface area contributed by atoms with Gasteiger partial charge in [0, 0.05) is 12.3 Å². The molecule has 0 spiro atoms. The van der Waals surface area contributed by atoms with Crippen LogP contribution in [0.4, 0.5) is 10.2 Å². The number of amides is 1. The number of nitrogens with zero attached hydrogens (tertiary/aromatic N) is 2. The van der Waals surface area contributed by atoms with Crippen molar-refractivity contribution in [3.8, 4) is 0 Å². The molecule has 0 N–H and O–H groups in total. The molecule has 0 saturated heterocycles. The van der Waals surface area contributed by atoms with Crippen LogP contribution < -0.4 is 10.3 Å². The van der Waals surface area contributed by atoms with Gasteiger partial charge in [-0.05, 0) is 47.9 Å². The number of benzene rings is 2. The van der Waals surface area contributed by atoms with Crippen LogP contribution in [0.3, 0.4) is 0 Å². The first kappa shape index (κ1) is 19.5. The van der Waals surface area contributed by atoms with Crippen LogP contribution >= 0.6 is 0 Å². The second-order valence-electron chi connectivity index (χ2n) is 6.86. The van der Waals surface area contributed by atoms with Gasteiger partial charge in [0.15, 0.2) is 11.2 Å². The van der Waals surface area contributed by atoms with Gasteiger partial charge in [-0.1, -0.05) is 37.3 Å². The highest BCUT2D eigenvalue weighted by atomic mass is 19.1. The Morgan fingerprint density at radius 2 is 1.80 bits per heavy atom. The molecule has 0 aliphatic carbocycles. The van der Waals surface area contributed by atoms with Gasteiger partial charge >= 0.3 is 0 Å². The summed E-state index contributed by atoms with van der Waals surface area (Å²) in [7, 11) is 0. The number of pyridine rings is 1. The molecule has 150 valence electrons. The fourth-order valence-corrected chi connectivity index (χ4v) is 3.20. The molecule has 0 aliphatic heterocycles. The summed E-state index contributed by atoms with van der Waals surface area (Å²) in [5.74, 6) is -0.741. The number of halogens is 1. The predicted octanol–water partition coefficient (Wildman–Crippen LogP) is 4.74. The second-order valence-corrected chi connectivity index (χ2v) is 6.86. The lowest BCUT2D eigenvalue weighted by Gasteiger charge is -2.21. The van der Waals surface area contributed by atoms with Gasteiger partial charge in [-0.3, -0.25) is 14.5 Å². The molecule has 4 aromatic rings. The lowest BCUT2D eigenvalue weighted by atomic mass is 10.1. The molecule has 5 nitrogen and oxygen atoms in total. The van der Waals surface area contributed by atoms with E-state index < -0.39 is 17.2 Å². The standard InChI is InChI=1S/C24H19FN2O3/c1-2-16-6-8-17(9-7-16)15-27(23-5-3-4-12-26-23)24(29)22-14-20(28)19-13-18(25)10-11-21(19)30-22/h3-14H,2,15H2,1H3. The second kappa shape index (κ2) is 8.29. The van der Waals surface area contributed by atoms with Crippen molar-refractivity contribution >= 4 is 22.7 Å². The van der Waals surface area contributed by atoms with Gasteiger partial charge in [-0.2, -0.15) is 0 Å². The van der Waals surface area contributed by atoms with Gasteiger partial charge < -0.3 is 4.42 Å². The van der Waals surface area contributed by atoms with Crippen LogP contribution in [-0.2, 0) is 13.0 Å². The molecular formula is C24H19FN2O3. The van der Waals surface area contributed by atoms with Crippen molar-refractivity contribution in [3.05, 3.63) is 106 Å². The first-order chi connectivity index (χ1) is 14.5. The van der Waals surface area contributed by atoms with E-state index in [4.69, 9.17) is 4.42 Å². The number of rotatable bonds is 5. The summed E-state index contributed by atoms with van der Waals surface area (Å²) in [6.45, 7) is 2.33. The minimum Gasteiger partial charge on any atom is -0.451 e. The van der Waals surface area contributed by atoms with Gasteiger partial charge in [0.05, 0.1) is 11.9 Å². The third kappa shape index (κ3) is 3.98. The molecule has 0 unspecified atom stereocenters. The maximum Gasteiger partial charge on any atom is 0.295 e. The summed E-state index contributed by atoms with van der Waals surface area (Å²) < 4.78 is 19.1. The van der Waals surface area contributed by atoms with Crippen LogP contribution in [0.1, 0.15) is 28.6 Å². The zero-order chi connectivity index (χ0) is 21.1. The van der Waals surface area contributed by atoms with Crippen molar-refractivity contribution in [2.45, 2.75) is 19.9 Å². The Balaban J connectivity index is 1.74. The molecule has 0 aliphatic rings. The zero-order valence-electron chi connectivity index (χ0n) is 16.3. The van der Waals surface area contributed by atoms with Gasteiger partial charge in [0.25, 0.3) is 5.91 Å². The number of carbonyl (C=O) groups excluding carboxylic acids is 1. The van der Waals surface area contributed by atoms with E-state index in [-0.39, 0.29) is 23.3 Å². The molecule has 6 heteroatoms. The average molecular weight is 402 g/mol. The quantitative estimate of drug-likeness (QED) is 0.484. The maximum absolute atomic E-state index is 13.5. The Labute approximate surface area is 172 Å². The third-order valence-electron chi connectivity index (χ3n) is 4.84.